The topological polar surface area (TPSA) is 139 Å². The standard InChI is InChI=1S/C13H12N2O8/c1-22-11(16)13(12(17)23-2)9(10(13)15(20)21)7-3-5-8(6-4-7)14(18)19/h3-6,9-10H,1-2H3/t9-,10-/m0/s1. The largest absolute Gasteiger partial charge is 0.468 e. The summed E-state index contributed by atoms with van der Waals surface area (Å²) in [6.07, 6.45) is 0. The molecule has 0 saturated heterocycles. The van der Waals surface area contributed by atoms with E-state index in [1.54, 1.807) is 0 Å². The third-order valence-corrected chi connectivity index (χ3v) is 3.90. The van der Waals surface area contributed by atoms with Crippen molar-refractivity contribution in [2.45, 2.75) is 12.0 Å². The van der Waals surface area contributed by atoms with Gasteiger partial charge in [0.1, 0.15) is 0 Å². The monoisotopic (exact) mass is 324 g/mol. The fraction of sp³-hybridized carbons (Fsp3) is 0.385. The van der Waals surface area contributed by atoms with Crippen LogP contribution in [-0.4, -0.2) is 42.0 Å². The number of hydrogen-bond donors (Lipinski definition) is 0. The van der Waals surface area contributed by atoms with Gasteiger partial charge in [0, 0.05) is 17.1 Å². The lowest BCUT2D eigenvalue weighted by Crippen LogP contribution is -2.34. The lowest BCUT2D eigenvalue weighted by Gasteiger charge is -2.10. The minimum atomic E-state index is -2.08. The number of benzene rings is 1. The second-order valence-electron chi connectivity index (χ2n) is 4.91. The molecule has 122 valence electrons. The zero-order valence-corrected chi connectivity index (χ0v) is 12.1. The van der Waals surface area contributed by atoms with Crippen LogP contribution in [0.2, 0.25) is 0 Å². The average Bonchev–Trinajstić information content (AvgIpc) is 3.25. The Bertz CT molecular complexity index is 668. The van der Waals surface area contributed by atoms with Crippen LogP contribution in [0.4, 0.5) is 5.69 Å². The van der Waals surface area contributed by atoms with Gasteiger partial charge in [-0.2, -0.15) is 0 Å². The molecule has 0 N–H and O–H groups in total. The molecule has 10 heteroatoms. The van der Waals surface area contributed by atoms with Crippen molar-refractivity contribution < 1.29 is 28.9 Å². The minimum Gasteiger partial charge on any atom is -0.468 e. The second kappa shape index (κ2) is 5.63. The molecule has 2 atom stereocenters. The first-order valence-corrected chi connectivity index (χ1v) is 6.37. The van der Waals surface area contributed by atoms with Gasteiger partial charge in [0.15, 0.2) is 0 Å². The Kier molecular flexibility index (Phi) is 4.00. The molecule has 1 aromatic rings. The quantitative estimate of drug-likeness (QED) is 0.333. The molecule has 1 saturated carbocycles. The summed E-state index contributed by atoms with van der Waals surface area (Å²) in [6.45, 7) is 0. The highest BCUT2D eigenvalue weighted by molar-refractivity contribution is 6.06. The number of nitrogens with zero attached hydrogens (tertiary/aromatic N) is 2. The van der Waals surface area contributed by atoms with Crippen LogP contribution in [-0.2, 0) is 19.1 Å². The second-order valence-corrected chi connectivity index (χ2v) is 4.91. The van der Waals surface area contributed by atoms with Crippen molar-refractivity contribution in [3.8, 4) is 0 Å². The predicted molar refractivity (Wildman–Crippen MR) is 73.1 cm³/mol. The summed E-state index contributed by atoms with van der Waals surface area (Å²) in [5.74, 6) is -3.26. The van der Waals surface area contributed by atoms with E-state index in [1.165, 1.54) is 12.1 Å². The maximum absolute atomic E-state index is 12.0. The number of non-ortho nitro benzene ring substituents is 1. The van der Waals surface area contributed by atoms with Gasteiger partial charge in [-0.05, 0) is 5.56 Å². The lowest BCUT2D eigenvalue weighted by molar-refractivity contribution is -0.501. The van der Waals surface area contributed by atoms with Crippen LogP contribution >= 0.6 is 0 Å². The van der Waals surface area contributed by atoms with Gasteiger partial charge in [-0.1, -0.05) is 12.1 Å². The van der Waals surface area contributed by atoms with Gasteiger partial charge in [-0.25, -0.2) is 0 Å². The number of carbonyl (C=O) groups is 2. The van der Waals surface area contributed by atoms with Crippen LogP contribution < -0.4 is 0 Å². The molecule has 0 heterocycles. The van der Waals surface area contributed by atoms with Crippen LogP contribution in [0.3, 0.4) is 0 Å². The van der Waals surface area contributed by atoms with Crippen molar-refractivity contribution in [1.29, 1.82) is 0 Å². The normalized spacial score (nSPS) is 21.1. The van der Waals surface area contributed by atoms with Crippen molar-refractivity contribution in [3.05, 3.63) is 50.1 Å². The summed E-state index contributed by atoms with van der Waals surface area (Å²) in [5.41, 5.74) is -2.05. The van der Waals surface area contributed by atoms with Gasteiger partial charge >= 0.3 is 11.9 Å². The first-order valence-electron chi connectivity index (χ1n) is 6.37. The van der Waals surface area contributed by atoms with E-state index in [9.17, 15) is 29.8 Å². The van der Waals surface area contributed by atoms with E-state index in [4.69, 9.17) is 0 Å². The van der Waals surface area contributed by atoms with Crippen LogP contribution in [0.1, 0.15) is 11.5 Å². The summed E-state index contributed by atoms with van der Waals surface area (Å²) < 4.78 is 9.08. The van der Waals surface area contributed by atoms with Gasteiger partial charge in [0.2, 0.25) is 11.5 Å². The van der Waals surface area contributed by atoms with E-state index >= 15 is 0 Å². The third kappa shape index (κ3) is 2.28. The molecule has 1 aliphatic rings. The maximum Gasteiger partial charge on any atom is 0.331 e. The highest BCUT2D eigenvalue weighted by Crippen LogP contribution is 2.62. The fourth-order valence-electron chi connectivity index (χ4n) is 2.82. The zero-order valence-electron chi connectivity index (χ0n) is 12.1. The molecule has 1 fully saturated rings. The SMILES string of the molecule is COC(=O)C1(C(=O)OC)[C@@H]([N+](=O)[O-])[C@@H]1c1ccc([N+](=O)[O-])cc1. The molecule has 0 bridgehead atoms. The van der Waals surface area contributed by atoms with Gasteiger partial charge in [0.25, 0.3) is 5.69 Å². The molecule has 10 nitrogen and oxygen atoms in total. The van der Waals surface area contributed by atoms with Crippen molar-refractivity contribution in [2.24, 2.45) is 5.41 Å². The number of rotatable bonds is 5. The Labute approximate surface area is 129 Å². The number of nitro groups is 2. The maximum atomic E-state index is 12.0. The van der Waals surface area contributed by atoms with Crippen LogP contribution in [0.15, 0.2) is 24.3 Å². The Hall–Kier alpha value is -3.04. The zero-order chi connectivity index (χ0) is 17.4. The lowest BCUT2D eigenvalue weighted by atomic mass is 9.99. The van der Waals surface area contributed by atoms with Gasteiger partial charge < -0.3 is 9.47 Å². The van der Waals surface area contributed by atoms with E-state index in [2.05, 4.69) is 9.47 Å². The van der Waals surface area contributed by atoms with E-state index in [-0.39, 0.29) is 11.3 Å². The first-order chi connectivity index (χ1) is 10.8. The molecular formula is C13H12N2O8. The van der Waals surface area contributed by atoms with Crippen LogP contribution in [0.5, 0.6) is 0 Å². The van der Waals surface area contributed by atoms with E-state index in [0.29, 0.717) is 0 Å². The molecular weight excluding hydrogens is 312 g/mol. The highest BCUT2D eigenvalue weighted by atomic mass is 16.6. The molecule has 0 amide bonds. The number of ether oxygens (including phenoxy) is 2. The molecule has 1 aliphatic carbocycles. The number of esters is 2. The highest BCUT2D eigenvalue weighted by Gasteiger charge is 2.85. The van der Waals surface area contributed by atoms with Gasteiger partial charge in [0.05, 0.1) is 25.1 Å². The van der Waals surface area contributed by atoms with Crippen molar-refractivity contribution in [1.82, 2.24) is 0 Å². The van der Waals surface area contributed by atoms with E-state index < -0.39 is 39.2 Å². The molecule has 1 aromatic carbocycles. The molecule has 23 heavy (non-hydrogen) atoms. The molecule has 0 spiro atoms. The fourth-order valence-corrected chi connectivity index (χ4v) is 2.82. The minimum absolute atomic E-state index is 0.214. The van der Waals surface area contributed by atoms with Gasteiger partial charge in [-0.3, -0.25) is 29.8 Å². The predicted octanol–water partition coefficient (Wildman–Crippen LogP) is 0.670. The number of carbonyl (C=O) groups excluding carboxylic acids is 2. The Morgan fingerprint density at radius 2 is 1.52 bits per heavy atom. The van der Waals surface area contributed by atoms with Crippen molar-refractivity contribution in [2.75, 3.05) is 14.2 Å². The summed E-state index contributed by atoms with van der Waals surface area (Å²) in [5, 5.41) is 21.9. The molecule has 0 aliphatic heterocycles. The Balaban J connectivity index is 2.50. The van der Waals surface area contributed by atoms with E-state index in [0.717, 1.165) is 26.4 Å². The molecule has 0 aromatic heterocycles. The number of nitro benzene ring substituents is 1. The summed E-state index contributed by atoms with van der Waals surface area (Å²) in [6, 6.07) is 3.28. The molecule has 0 unspecified atom stereocenters. The Morgan fingerprint density at radius 1 is 1.04 bits per heavy atom. The summed E-state index contributed by atoms with van der Waals surface area (Å²) in [4.78, 5) is 44.6. The smallest absolute Gasteiger partial charge is 0.331 e. The van der Waals surface area contributed by atoms with E-state index in [1.807, 2.05) is 0 Å². The third-order valence-electron chi connectivity index (χ3n) is 3.90. The number of methoxy groups -OCH3 is 2. The number of hydrogen-bond acceptors (Lipinski definition) is 8. The molecule has 2 rings (SSSR count). The van der Waals surface area contributed by atoms with Crippen LogP contribution in [0.25, 0.3) is 0 Å². The van der Waals surface area contributed by atoms with Crippen LogP contribution in [0, 0.1) is 25.6 Å². The Morgan fingerprint density at radius 3 is 1.87 bits per heavy atom. The van der Waals surface area contributed by atoms with Crippen molar-refractivity contribution >= 4 is 17.6 Å². The molecule has 0 radical (unpaired) electrons. The summed E-state index contributed by atoms with van der Waals surface area (Å²) >= 11 is 0. The van der Waals surface area contributed by atoms with Gasteiger partial charge in [-0.15, -0.1) is 0 Å². The van der Waals surface area contributed by atoms with Crippen molar-refractivity contribution in [3.63, 3.8) is 0 Å². The summed E-state index contributed by atoms with van der Waals surface area (Å²) in [7, 11) is 2.02. The first kappa shape index (κ1) is 16.3. The average molecular weight is 324 g/mol.